The number of ether oxygens (including phenoxy) is 2. The summed E-state index contributed by atoms with van der Waals surface area (Å²) in [6, 6.07) is 15.1. The Balaban J connectivity index is 1.76. The van der Waals surface area contributed by atoms with Gasteiger partial charge in [-0.3, -0.25) is 4.79 Å². The molecule has 2 rings (SSSR count). The number of hydrogen-bond donors (Lipinski definition) is 1. The number of carbonyl (C=O) groups is 2. The molecule has 1 N–H and O–H groups in total. The smallest absolute Gasteiger partial charge is 0.344 e. The molecule has 1 amide bonds. The number of amides is 1. The van der Waals surface area contributed by atoms with Gasteiger partial charge in [0.05, 0.1) is 0 Å². The number of esters is 1. The molecule has 27 heavy (non-hydrogen) atoms. The highest BCUT2D eigenvalue weighted by Gasteiger charge is 2.14. The molecule has 0 fully saturated rings. The van der Waals surface area contributed by atoms with E-state index in [1.807, 2.05) is 55.5 Å². The Bertz CT molecular complexity index is 776. The van der Waals surface area contributed by atoms with E-state index in [4.69, 9.17) is 9.47 Å². The summed E-state index contributed by atoms with van der Waals surface area (Å²) in [5.74, 6) is -0.381. The van der Waals surface area contributed by atoms with Gasteiger partial charge in [-0.05, 0) is 41.2 Å². The third-order valence-corrected chi connectivity index (χ3v) is 4.11. The normalized spacial score (nSPS) is 11.0. The Kier molecular flexibility index (Phi) is 6.99. The highest BCUT2D eigenvalue weighted by molar-refractivity contribution is 5.93. The van der Waals surface area contributed by atoms with Crippen molar-refractivity contribution in [1.29, 1.82) is 0 Å². The van der Waals surface area contributed by atoms with Gasteiger partial charge in [0.15, 0.2) is 13.2 Å². The SMILES string of the molecule is CCc1ccccc1NC(=O)COC(=O)COc1ccc(C(C)(C)C)cc1. The van der Waals surface area contributed by atoms with Gasteiger partial charge in [-0.25, -0.2) is 4.79 Å². The average Bonchev–Trinajstić information content (AvgIpc) is 2.64. The second kappa shape index (κ2) is 9.21. The molecule has 5 heteroatoms. The van der Waals surface area contributed by atoms with Gasteiger partial charge >= 0.3 is 5.97 Å². The predicted octanol–water partition coefficient (Wildman–Crippen LogP) is 4.11. The zero-order chi connectivity index (χ0) is 19.9. The van der Waals surface area contributed by atoms with Crippen molar-refractivity contribution in [2.24, 2.45) is 0 Å². The van der Waals surface area contributed by atoms with E-state index in [0.717, 1.165) is 17.7 Å². The lowest BCUT2D eigenvalue weighted by Gasteiger charge is -2.19. The van der Waals surface area contributed by atoms with Gasteiger partial charge in [-0.2, -0.15) is 0 Å². The van der Waals surface area contributed by atoms with Crippen LogP contribution in [0.4, 0.5) is 5.69 Å². The summed E-state index contributed by atoms with van der Waals surface area (Å²) in [4.78, 5) is 23.8. The van der Waals surface area contributed by atoms with Gasteiger partial charge in [0.2, 0.25) is 0 Å². The summed E-state index contributed by atoms with van der Waals surface area (Å²) >= 11 is 0. The molecule has 0 aliphatic carbocycles. The number of rotatable bonds is 7. The summed E-state index contributed by atoms with van der Waals surface area (Å²) in [7, 11) is 0. The van der Waals surface area contributed by atoms with E-state index < -0.39 is 5.97 Å². The molecule has 0 bridgehead atoms. The molecule has 0 atom stereocenters. The first-order valence-corrected chi connectivity index (χ1v) is 9.06. The molecule has 0 unspecified atom stereocenters. The molecule has 2 aromatic carbocycles. The minimum absolute atomic E-state index is 0.0568. The van der Waals surface area contributed by atoms with Crippen LogP contribution in [0.3, 0.4) is 0 Å². The molecule has 0 saturated heterocycles. The molecule has 0 radical (unpaired) electrons. The molecular formula is C22H27NO4. The second-order valence-corrected chi connectivity index (χ2v) is 7.28. The second-order valence-electron chi connectivity index (χ2n) is 7.28. The predicted molar refractivity (Wildman–Crippen MR) is 106 cm³/mol. The lowest BCUT2D eigenvalue weighted by molar-refractivity contribution is -0.149. The van der Waals surface area contributed by atoms with Crippen LogP contribution in [-0.4, -0.2) is 25.1 Å². The third-order valence-electron chi connectivity index (χ3n) is 4.11. The minimum Gasteiger partial charge on any atom is -0.482 e. The molecular weight excluding hydrogens is 342 g/mol. The standard InChI is InChI=1S/C22H27NO4/c1-5-16-8-6-7-9-19(16)23-20(24)14-27-21(25)15-26-18-12-10-17(11-13-18)22(2,3)4/h6-13H,5,14-15H2,1-4H3,(H,23,24). The Hall–Kier alpha value is -2.82. The van der Waals surface area contributed by atoms with Crippen LogP contribution in [0.1, 0.15) is 38.8 Å². The van der Waals surface area contributed by atoms with E-state index in [0.29, 0.717) is 5.75 Å². The first-order chi connectivity index (χ1) is 12.8. The van der Waals surface area contributed by atoms with Crippen LogP contribution in [0, 0.1) is 0 Å². The number of hydrogen-bond acceptors (Lipinski definition) is 4. The minimum atomic E-state index is -0.589. The highest BCUT2D eigenvalue weighted by atomic mass is 16.6. The maximum absolute atomic E-state index is 12.0. The first-order valence-electron chi connectivity index (χ1n) is 9.06. The van der Waals surface area contributed by atoms with Crippen molar-refractivity contribution in [1.82, 2.24) is 0 Å². The van der Waals surface area contributed by atoms with Gasteiger partial charge in [-0.1, -0.05) is 58.0 Å². The fourth-order valence-corrected chi connectivity index (χ4v) is 2.52. The van der Waals surface area contributed by atoms with E-state index in [1.54, 1.807) is 0 Å². The zero-order valence-corrected chi connectivity index (χ0v) is 16.4. The van der Waals surface area contributed by atoms with E-state index in [1.165, 1.54) is 5.56 Å². The molecule has 0 aliphatic heterocycles. The Morgan fingerprint density at radius 2 is 1.63 bits per heavy atom. The van der Waals surface area contributed by atoms with Gasteiger partial charge in [-0.15, -0.1) is 0 Å². The fourth-order valence-electron chi connectivity index (χ4n) is 2.52. The maximum atomic E-state index is 12.0. The van der Waals surface area contributed by atoms with Gasteiger partial charge in [0.25, 0.3) is 5.91 Å². The number of anilines is 1. The summed E-state index contributed by atoms with van der Waals surface area (Å²) in [5.41, 5.74) is 3.00. The van der Waals surface area contributed by atoms with Crippen LogP contribution in [0.15, 0.2) is 48.5 Å². The molecule has 0 aliphatic rings. The van der Waals surface area contributed by atoms with E-state index in [-0.39, 0.29) is 24.5 Å². The fraction of sp³-hybridized carbons (Fsp3) is 0.364. The van der Waals surface area contributed by atoms with Crippen molar-refractivity contribution < 1.29 is 19.1 Å². The van der Waals surface area contributed by atoms with Crippen LogP contribution < -0.4 is 10.1 Å². The van der Waals surface area contributed by atoms with Crippen LogP contribution >= 0.6 is 0 Å². The number of nitrogens with one attached hydrogen (secondary N) is 1. The molecule has 5 nitrogen and oxygen atoms in total. The van der Waals surface area contributed by atoms with Crippen molar-refractivity contribution in [2.75, 3.05) is 18.5 Å². The largest absolute Gasteiger partial charge is 0.482 e. The zero-order valence-electron chi connectivity index (χ0n) is 16.4. The Morgan fingerprint density at radius 1 is 0.963 bits per heavy atom. The Morgan fingerprint density at radius 3 is 2.26 bits per heavy atom. The van der Waals surface area contributed by atoms with Crippen molar-refractivity contribution in [3.05, 3.63) is 59.7 Å². The van der Waals surface area contributed by atoms with Crippen molar-refractivity contribution in [2.45, 2.75) is 39.5 Å². The number of aryl methyl sites for hydroxylation is 1. The van der Waals surface area contributed by atoms with Gasteiger partial charge in [0.1, 0.15) is 5.75 Å². The van der Waals surface area contributed by atoms with Crippen LogP contribution in [0.2, 0.25) is 0 Å². The lowest BCUT2D eigenvalue weighted by Crippen LogP contribution is -2.24. The molecule has 2 aromatic rings. The topological polar surface area (TPSA) is 64.6 Å². The van der Waals surface area contributed by atoms with Crippen LogP contribution in [-0.2, 0) is 26.2 Å². The number of para-hydroxylation sites is 1. The molecule has 0 heterocycles. The molecule has 0 aromatic heterocycles. The molecule has 0 saturated carbocycles. The highest BCUT2D eigenvalue weighted by Crippen LogP contribution is 2.24. The molecule has 0 spiro atoms. The van der Waals surface area contributed by atoms with Crippen molar-refractivity contribution in [3.8, 4) is 5.75 Å². The number of benzene rings is 2. The molecule has 144 valence electrons. The van der Waals surface area contributed by atoms with Gasteiger partial charge < -0.3 is 14.8 Å². The summed E-state index contributed by atoms with van der Waals surface area (Å²) in [6.07, 6.45) is 0.804. The lowest BCUT2D eigenvalue weighted by atomic mass is 9.87. The van der Waals surface area contributed by atoms with Crippen molar-refractivity contribution in [3.63, 3.8) is 0 Å². The summed E-state index contributed by atoms with van der Waals surface area (Å²) in [6.45, 7) is 7.81. The van der Waals surface area contributed by atoms with E-state index >= 15 is 0 Å². The van der Waals surface area contributed by atoms with Gasteiger partial charge in [0, 0.05) is 5.69 Å². The average molecular weight is 369 g/mol. The quantitative estimate of drug-likeness (QED) is 0.746. The first kappa shape index (κ1) is 20.5. The van der Waals surface area contributed by atoms with Crippen molar-refractivity contribution >= 4 is 17.6 Å². The number of carbonyl (C=O) groups excluding carboxylic acids is 2. The third kappa shape index (κ3) is 6.44. The van der Waals surface area contributed by atoms with Crippen LogP contribution in [0.5, 0.6) is 5.75 Å². The van der Waals surface area contributed by atoms with Crippen LogP contribution in [0.25, 0.3) is 0 Å². The van der Waals surface area contributed by atoms with E-state index in [9.17, 15) is 9.59 Å². The maximum Gasteiger partial charge on any atom is 0.344 e. The Labute approximate surface area is 160 Å². The summed E-state index contributed by atoms with van der Waals surface area (Å²) < 4.78 is 10.4. The summed E-state index contributed by atoms with van der Waals surface area (Å²) in [5, 5.41) is 2.75. The monoisotopic (exact) mass is 369 g/mol. The van der Waals surface area contributed by atoms with E-state index in [2.05, 4.69) is 26.1 Å².